The molecule has 5 heteroatoms. The molecule has 0 aromatic heterocycles. The van der Waals surface area contributed by atoms with Gasteiger partial charge in [-0.3, -0.25) is 0 Å². The monoisotopic (exact) mass is 583 g/mol. The van der Waals surface area contributed by atoms with Crippen LogP contribution >= 0.6 is 0 Å². The molecule has 4 rings (SSSR count). The van der Waals surface area contributed by atoms with E-state index in [1.54, 1.807) is 53.7 Å². The molecule has 0 bridgehead atoms. The molecular weight excluding hydrogens is 540 g/mol. The summed E-state index contributed by atoms with van der Waals surface area (Å²) in [5.41, 5.74) is 1.75. The van der Waals surface area contributed by atoms with Crippen LogP contribution in [-0.4, -0.2) is 23.1 Å². The van der Waals surface area contributed by atoms with Crippen LogP contribution in [0.15, 0.2) is 118 Å². The number of esters is 2. The fourth-order valence-corrected chi connectivity index (χ4v) is 6.16. The first-order chi connectivity index (χ1) is 19.8. The summed E-state index contributed by atoms with van der Waals surface area (Å²) in [5, 5.41) is 0. The second-order valence-corrected chi connectivity index (χ2v) is 14.0. The number of carbonyl (C=O) groups is 2. The largest absolute Gasteiger partial charge is 0.456 e. The Morgan fingerprint density at radius 1 is 0.595 bits per heavy atom. The van der Waals surface area contributed by atoms with Crippen molar-refractivity contribution in [2.45, 2.75) is 87.7 Å². The molecule has 0 aliphatic rings. The number of rotatable bonds is 6. The van der Waals surface area contributed by atoms with Crippen LogP contribution in [0.1, 0.15) is 80.3 Å². The summed E-state index contributed by atoms with van der Waals surface area (Å²) >= 11 is 0. The predicted octanol–water partition coefficient (Wildman–Crippen LogP) is 9.25. The highest BCUT2D eigenvalue weighted by Gasteiger charge is 2.28. The summed E-state index contributed by atoms with van der Waals surface area (Å²) in [6.07, 6.45) is 1.09. The van der Waals surface area contributed by atoms with Crippen molar-refractivity contribution in [2.24, 2.45) is 0 Å². The lowest BCUT2D eigenvalue weighted by Gasteiger charge is -2.21. The Labute approximate surface area is 254 Å². The first kappa shape index (κ1) is 32.7. The molecule has 0 atom stereocenters. The van der Waals surface area contributed by atoms with E-state index in [4.69, 9.17) is 9.47 Å². The van der Waals surface area contributed by atoms with Crippen molar-refractivity contribution in [1.82, 2.24) is 0 Å². The Hall–Kier alpha value is -3.83. The smallest absolute Gasteiger partial charge is 0.338 e. The first-order valence-corrected chi connectivity index (χ1v) is 15.5. The van der Waals surface area contributed by atoms with Crippen molar-refractivity contribution in [1.29, 1.82) is 0 Å². The fraction of sp³-hybridized carbons (Fsp3) is 0.297. The number of ether oxygens (including phenoxy) is 2. The Bertz CT molecular complexity index is 1360. The summed E-state index contributed by atoms with van der Waals surface area (Å²) < 4.78 is 10.6. The average Bonchev–Trinajstić information content (AvgIpc) is 2.93. The highest BCUT2D eigenvalue weighted by molar-refractivity contribution is 7.97. The summed E-state index contributed by atoms with van der Waals surface area (Å²) in [6.45, 7) is 14.8. The van der Waals surface area contributed by atoms with E-state index < -0.39 is 23.1 Å². The quantitative estimate of drug-likeness (QED) is 0.168. The van der Waals surface area contributed by atoms with E-state index in [0.717, 1.165) is 12.0 Å². The molecular formula is C37H43O4S+. The minimum Gasteiger partial charge on any atom is -0.456 e. The summed E-state index contributed by atoms with van der Waals surface area (Å²) in [6, 6.07) is 35.5. The maximum atomic E-state index is 12.1. The molecule has 4 nitrogen and oxygen atoms in total. The molecule has 0 radical (unpaired) electrons. The molecule has 0 aliphatic carbocycles. The molecule has 4 aromatic rings. The van der Waals surface area contributed by atoms with Crippen LogP contribution in [0.5, 0.6) is 0 Å². The standard InChI is InChI=1S/C20H19S.C17H24O4/c1-2-17-13-15-20(16-14-17)21(18-9-5-3-6-10-18)19-11-7-4-8-12-19;1-11-8-12(14(18)20-16(2,3)4)10-13(9-11)15(19)21-17(5,6)7/h3-16H,2H2,1H3;8-10H,1-7H3/q+1;. The van der Waals surface area contributed by atoms with E-state index in [1.807, 2.05) is 6.92 Å². The molecule has 0 aliphatic heterocycles. The van der Waals surface area contributed by atoms with Crippen molar-refractivity contribution in [3.63, 3.8) is 0 Å². The second-order valence-electron chi connectivity index (χ2n) is 12.0. The molecule has 0 amide bonds. The number of aryl methyl sites for hydroxylation is 2. The van der Waals surface area contributed by atoms with Gasteiger partial charge in [0.1, 0.15) is 11.2 Å². The van der Waals surface area contributed by atoms with Gasteiger partial charge >= 0.3 is 11.9 Å². The molecule has 0 saturated carbocycles. The van der Waals surface area contributed by atoms with E-state index in [0.29, 0.717) is 11.1 Å². The van der Waals surface area contributed by atoms with Gasteiger partial charge in [-0.25, -0.2) is 9.59 Å². The fourth-order valence-electron chi connectivity index (χ4n) is 4.08. The summed E-state index contributed by atoms with van der Waals surface area (Å²) in [7, 11) is -0.0249. The van der Waals surface area contributed by atoms with Crippen LogP contribution in [0.25, 0.3) is 0 Å². The predicted molar refractivity (Wildman–Crippen MR) is 172 cm³/mol. The maximum absolute atomic E-state index is 12.1. The molecule has 0 saturated heterocycles. The number of hydrogen-bond acceptors (Lipinski definition) is 4. The van der Waals surface area contributed by atoms with Gasteiger partial charge in [0.25, 0.3) is 0 Å². The van der Waals surface area contributed by atoms with Crippen LogP contribution in [-0.2, 0) is 26.8 Å². The lowest BCUT2D eigenvalue weighted by Crippen LogP contribution is -2.25. The third-order valence-corrected chi connectivity index (χ3v) is 8.10. The highest BCUT2D eigenvalue weighted by atomic mass is 32.2. The van der Waals surface area contributed by atoms with Crippen molar-refractivity contribution >= 4 is 22.8 Å². The van der Waals surface area contributed by atoms with Crippen molar-refractivity contribution in [2.75, 3.05) is 0 Å². The zero-order valence-corrected chi connectivity index (χ0v) is 26.9. The van der Waals surface area contributed by atoms with Gasteiger partial charge in [-0.15, -0.1) is 0 Å². The lowest BCUT2D eigenvalue weighted by atomic mass is 10.1. The Balaban J connectivity index is 0.000000230. The molecule has 4 aromatic carbocycles. The van der Waals surface area contributed by atoms with Gasteiger partial charge in [0.2, 0.25) is 0 Å². The van der Waals surface area contributed by atoms with Gasteiger partial charge in [-0.1, -0.05) is 55.5 Å². The molecule has 0 spiro atoms. The third-order valence-electron chi connectivity index (χ3n) is 5.87. The molecule has 42 heavy (non-hydrogen) atoms. The molecule has 0 heterocycles. The van der Waals surface area contributed by atoms with Gasteiger partial charge in [0.05, 0.1) is 22.0 Å². The number of carbonyl (C=O) groups excluding carboxylic acids is 2. The maximum Gasteiger partial charge on any atom is 0.338 e. The summed E-state index contributed by atoms with van der Waals surface area (Å²) in [5.74, 6) is -0.896. The van der Waals surface area contributed by atoms with Gasteiger partial charge in [0.15, 0.2) is 14.7 Å². The van der Waals surface area contributed by atoms with Crippen molar-refractivity contribution in [3.05, 3.63) is 125 Å². The van der Waals surface area contributed by atoms with E-state index in [1.165, 1.54) is 26.3 Å². The number of hydrogen-bond donors (Lipinski definition) is 0. The van der Waals surface area contributed by atoms with E-state index in [2.05, 4.69) is 91.9 Å². The molecule has 0 N–H and O–H groups in total. The number of benzene rings is 4. The van der Waals surface area contributed by atoms with Crippen molar-refractivity contribution < 1.29 is 19.1 Å². The Morgan fingerprint density at radius 2 is 0.976 bits per heavy atom. The highest BCUT2D eigenvalue weighted by Crippen LogP contribution is 2.31. The van der Waals surface area contributed by atoms with Crippen LogP contribution in [0.2, 0.25) is 0 Å². The third kappa shape index (κ3) is 10.2. The van der Waals surface area contributed by atoms with Crippen LogP contribution in [0.4, 0.5) is 0 Å². The lowest BCUT2D eigenvalue weighted by molar-refractivity contribution is 0.00676. The van der Waals surface area contributed by atoms with Gasteiger partial charge < -0.3 is 9.47 Å². The van der Waals surface area contributed by atoms with Gasteiger partial charge in [-0.05, 0) is 121 Å². The van der Waals surface area contributed by atoms with E-state index in [-0.39, 0.29) is 10.9 Å². The molecule has 0 unspecified atom stereocenters. The van der Waals surface area contributed by atoms with Crippen LogP contribution in [0.3, 0.4) is 0 Å². The normalized spacial score (nSPS) is 11.4. The van der Waals surface area contributed by atoms with Gasteiger partial charge in [-0.2, -0.15) is 0 Å². The van der Waals surface area contributed by atoms with E-state index >= 15 is 0 Å². The minimum absolute atomic E-state index is 0.0249. The van der Waals surface area contributed by atoms with Crippen LogP contribution in [0, 0.1) is 6.92 Å². The zero-order valence-electron chi connectivity index (χ0n) is 26.1. The van der Waals surface area contributed by atoms with Crippen molar-refractivity contribution in [3.8, 4) is 0 Å². The topological polar surface area (TPSA) is 52.6 Å². The molecule has 220 valence electrons. The van der Waals surface area contributed by atoms with Crippen LogP contribution < -0.4 is 0 Å². The summed E-state index contributed by atoms with van der Waals surface area (Å²) in [4.78, 5) is 28.3. The van der Waals surface area contributed by atoms with E-state index in [9.17, 15) is 9.59 Å². The molecule has 0 fully saturated rings. The Morgan fingerprint density at radius 3 is 1.33 bits per heavy atom. The second kappa shape index (κ2) is 14.4. The first-order valence-electron chi connectivity index (χ1n) is 14.3. The average molecular weight is 584 g/mol. The SMILES string of the molecule is CCc1ccc([S+](c2ccccc2)c2ccccc2)cc1.Cc1cc(C(=O)OC(C)(C)C)cc(C(=O)OC(C)(C)C)c1. The van der Waals surface area contributed by atoms with Gasteiger partial charge in [0, 0.05) is 0 Å². The Kier molecular flexibility index (Phi) is 11.2. The zero-order chi connectivity index (χ0) is 30.9. The minimum atomic E-state index is -0.576.